The van der Waals surface area contributed by atoms with Gasteiger partial charge in [0, 0.05) is 24.2 Å². The Morgan fingerprint density at radius 1 is 0.550 bits per heavy atom. The standard InChI is InChI=1S/C34H44N2O4/c1-35(2)23-9-25-39-33-29(11-7-13-31(33)37-5)21-19-27-15-17-28(18-16-27)20-22-30-12-8-14-32(38-6)34(30)40-26-10-24-36(3)4/h7-8,11-22H,9-10,23-26H2,1-6H3/b21-19+,22-20+. The highest BCUT2D eigenvalue weighted by molar-refractivity contribution is 5.77. The fourth-order valence-electron chi connectivity index (χ4n) is 4.16. The number of methoxy groups -OCH3 is 2. The highest BCUT2D eigenvalue weighted by Crippen LogP contribution is 2.34. The molecule has 0 amide bonds. The molecular weight excluding hydrogens is 500 g/mol. The minimum absolute atomic E-state index is 0.635. The molecule has 214 valence electrons. The van der Waals surface area contributed by atoms with Crippen LogP contribution < -0.4 is 18.9 Å². The second-order valence-corrected chi connectivity index (χ2v) is 10.1. The maximum absolute atomic E-state index is 6.13. The summed E-state index contributed by atoms with van der Waals surface area (Å²) in [6, 6.07) is 20.4. The third-order valence-corrected chi connectivity index (χ3v) is 6.30. The van der Waals surface area contributed by atoms with Gasteiger partial charge in [0.05, 0.1) is 27.4 Å². The van der Waals surface area contributed by atoms with Crippen LogP contribution in [0.2, 0.25) is 0 Å². The van der Waals surface area contributed by atoms with Crippen LogP contribution in [-0.2, 0) is 0 Å². The lowest BCUT2D eigenvalue weighted by Crippen LogP contribution is -2.15. The Hall–Kier alpha value is -3.74. The molecule has 0 heterocycles. The van der Waals surface area contributed by atoms with Gasteiger partial charge in [-0.1, -0.05) is 72.8 Å². The van der Waals surface area contributed by atoms with Gasteiger partial charge in [0.15, 0.2) is 23.0 Å². The second-order valence-electron chi connectivity index (χ2n) is 10.1. The molecule has 0 aliphatic heterocycles. The number of hydrogen-bond donors (Lipinski definition) is 0. The predicted octanol–water partition coefficient (Wildman–Crippen LogP) is 6.71. The van der Waals surface area contributed by atoms with E-state index in [1.165, 1.54) is 0 Å². The van der Waals surface area contributed by atoms with Gasteiger partial charge in [-0.25, -0.2) is 0 Å². The average Bonchev–Trinajstić information content (AvgIpc) is 2.96. The first kappa shape index (κ1) is 30.8. The van der Waals surface area contributed by atoms with Crippen molar-refractivity contribution in [3.8, 4) is 23.0 Å². The maximum Gasteiger partial charge on any atom is 0.168 e. The molecule has 6 heteroatoms. The summed E-state index contributed by atoms with van der Waals surface area (Å²) >= 11 is 0. The molecule has 0 fully saturated rings. The van der Waals surface area contributed by atoms with E-state index in [9.17, 15) is 0 Å². The summed E-state index contributed by atoms with van der Waals surface area (Å²) < 4.78 is 23.4. The Labute approximate surface area is 240 Å². The lowest BCUT2D eigenvalue weighted by atomic mass is 10.1. The molecule has 0 radical (unpaired) electrons. The van der Waals surface area contributed by atoms with E-state index in [1.54, 1.807) is 14.2 Å². The van der Waals surface area contributed by atoms with Crippen molar-refractivity contribution in [3.63, 3.8) is 0 Å². The van der Waals surface area contributed by atoms with Crippen LogP contribution in [0.4, 0.5) is 0 Å². The van der Waals surface area contributed by atoms with Gasteiger partial charge in [-0.15, -0.1) is 0 Å². The van der Waals surface area contributed by atoms with Gasteiger partial charge in [-0.3, -0.25) is 0 Å². The number of ether oxygens (including phenoxy) is 4. The molecule has 0 spiro atoms. The molecular formula is C34H44N2O4. The zero-order chi connectivity index (χ0) is 28.7. The molecule has 0 unspecified atom stereocenters. The van der Waals surface area contributed by atoms with Crippen LogP contribution in [-0.4, -0.2) is 78.5 Å². The third-order valence-electron chi connectivity index (χ3n) is 6.30. The Kier molecular flexibility index (Phi) is 12.6. The molecule has 0 saturated carbocycles. The quantitative estimate of drug-likeness (QED) is 0.148. The Morgan fingerprint density at radius 3 is 1.30 bits per heavy atom. The van der Waals surface area contributed by atoms with Gasteiger partial charge in [0.2, 0.25) is 0 Å². The van der Waals surface area contributed by atoms with Gasteiger partial charge in [-0.2, -0.15) is 0 Å². The molecule has 0 aliphatic carbocycles. The summed E-state index contributed by atoms with van der Waals surface area (Å²) in [6.07, 6.45) is 10.2. The molecule has 0 aromatic heterocycles. The molecule has 0 N–H and O–H groups in total. The molecule has 40 heavy (non-hydrogen) atoms. The first-order chi connectivity index (χ1) is 19.4. The SMILES string of the molecule is COc1cccc(/C=C/c2ccc(/C=C/c3cccc(OC)c3OCCCN(C)C)cc2)c1OCCCN(C)C. The Bertz CT molecular complexity index is 1140. The number of para-hydroxylation sites is 2. The van der Waals surface area contributed by atoms with E-state index < -0.39 is 0 Å². The van der Waals surface area contributed by atoms with Gasteiger partial charge >= 0.3 is 0 Å². The fourth-order valence-corrected chi connectivity index (χ4v) is 4.16. The lowest BCUT2D eigenvalue weighted by Gasteiger charge is -2.15. The van der Waals surface area contributed by atoms with Crippen molar-refractivity contribution >= 4 is 24.3 Å². The first-order valence-corrected chi connectivity index (χ1v) is 13.8. The van der Waals surface area contributed by atoms with Crippen LogP contribution in [0.3, 0.4) is 0 Å². The minimum Gasteiger partial charge on any atom is -0.493 e. The summed E-state index contributed by atoms with van der Waals surface area (Å²) in [6.45, 7) is 3.22. The molecule has 0 bridgehead atoms. The van der Waals surface area contributed by atoms with Gasteiger partial charge < -0.3 is 28.7 Å². The molecule has 6 nitrogen and oxygen atoms in total. The lowest BCUT2D eigenvalue weighted by molar-refractivity contribution is 0.268. The monoisotopic (exact) mass is 544 g/mol. The van der Waals surface area contributed by atoms with Crippen LogP contribution in [0.15, 0.2) is 60.7 Å². The summed E-state index contributed by atoms with van der Waals surface area (Å²) in [5.41, 5.74) is 4.18. The molecule has 0 atom stereocenters. The van der Waals surface area contributed by atoms with Crippen LogP contribution >= 0.6 is 0 Å². The Balaban J connectivity index is 1.69. The van der Waals surface area contributed by atoms with Crippen molar-refractivity contribution in [3.05, 3.63) is 82.9 Å². The number of hydrogen-bond acceptors (Lipinski definition) is 6. The number of rotatable bonds is 16. The molecule has 3 aromatic rings. The van der Waals surface area contributed by atoms with E-state index >= 15 is 0 Å². The van der Waals surface area contributed by atoms with Gasteiger partial charge in [-0.05, 0) is 64.3 Å². The second kappa shape index (κ2) is 16.4. The molecule has 0 saturated heterocycles. The highest BCUT2D eigenvalue weighted by Gasteiger charge is 2.10. The number of benzene rings is 3. The maximum atomic E-state index is 6.13. The summed E-state index contributed by atoms with van der Waals surface area (Å²) in [5.74, 6) is 3.03. The van der Waals surface area contributed by atoms with Crippen molar-refractivity contribution in [2.24, 2.45) is 0 Å². The summed E-state index contributed by atoms with van der Waals surface area (Å²) in [5, 5.41) is 0. The van der Waals surface area contributed by atoms with Crippen molar-refractivity contribution in [2.75, 3.05) is 68.7 Å². The van der Waals surface area contributed by atoms with E-state index in [0.717, 1.165) is 71.2 Å². The predicted molar refractivity (Wildman–Crippen MR) is 168 cm³/mol. The normalized spacial score (nSPS) is 11.6. The van der Waals surface area contributed by atoms with Gasteiger partial charge in [0.1, 0.15) is 0 Å². The van der Waals surface area contributed by atoms with Crippen molar-refractivity contribution in [1.29, 1.82) is 0 Å². The minimum atomic E-state index is 0.635. The third kappa shape index (κ3) is 9.78. The first-order valence-electron chi connectivity index (χ1n) is 13.8. The summed E-state index contributed by atoms with van der Waals surface area (Å²) in [7, 11) is 11.6. The zero-order valence-corrected chi connectivity index (χ0v) is 24.9. The molecule has 3 aromatic carbocycles. The van der Waals surface area contributed by atoms with Crippen LogP contribution in [0.25, 0.3) is 24.3 Å². The largest absolute Gasteiger partial charge is 0.493 e. The number of nitrogens with zero attached hydrogens (tertiary/aromatic N) is 2. The van der Waals surface area contributed by atoms with Crippen molar-refractivity contribution < 1.29 is 18.9 Å². The van der Waals surface area contributed by atoms with E-state index in [2.05, 4.69) is 86.6 Å². The fraction of sp³-hybridized carbons (Fsp3) is 0.353. The van der Waals surface area contributed by atoms with Crippen LogP contribution in [0, 0.1) is 0 Å². The van der Waals surface area contributed by atoms with E-state index in [1.807, 2.05) is 36.4 Å². The summed E-state index contributed by atoms with van der Waals surface area (Å²) in [4.78, 5) is 4.31. The smallest absolute Gasteiger partial charge is 0.168 e. The van der Waals surface area contributed by atoms with Crippen LogP contribution in [0.1, 0.15) is 35.1 Å². The highest BCUT2D eigenvalue weighted by atomic mass is 16.5. The zero-order valence-electron chi connectivity index (χ0n) is 24.9. The van der Waals surface area contributed by atoms with E-state index in [0.29, 0.717) is 13.2 Å². The molecule has 3 rings (SSSR count). The molecule has 0 aliphatic rings. The average molecular weight is 545 g/mol. The van der Waals surface area contributed by atoms with Crippen LogP contribution in [0.5, 0.6) is 23.0 Å². The van der Waals surface area contributed by atoms with E-state index in [4.69, 9.17) is 18.9 Å². The van der Waals surface area contributed by atoms with E-state index in [-0.39, 0.29) is 0 Å². The van der Waals surface area contributed by atoms with Crippen molar-refractivity contribution in [2.45, 2.75) is 12.8 Å². The van der Waals surface area contributed by atoms with Gasteiger partial charge in [0.25, 0.3) is 0 Å². The topological polar surface area (TPSA) is 43.4 Å². The Morgan fingerprint density at radius 2 is 0.950 bits per heavy atom. The van der Waals surface area contributed by atoms with Crippen molar-refractivity contribution in [1.82, 2.24) is 9.80 Å².